The van der Waals surface area contributed by atoms with Crippen LogP contribution in [0.15, 0.2) is 53.5 Å². The van der Waals surface area contributed by atoms with Crippen LogP contribution in [0.3, 0.4) is 0 Å². The molecule has 0 saturated carbocycles. The van der Waals surface area contributed by atoms with Crippen molar-refractivity contribution in [1.82, 2.24) is 5.32 Å². The minimum atomic E-state index is -1.19. The van der Waals surface area contributed by atoms with Crippen molar-refractivity contribution in [3.63, 3.8) is 0 Å². The maximum absolute atomic E-state index is 12.7. The number of hydrogen-bond donors (Lipinski definition) is 1. The molecular formula is C18H14IN3O4. The van der Waals surface area contributed by atoms with Crippen LogP contribution in [0.5, 0.6) is 5.75 Å². The lowest BCUT2D eigenvalue weighted by Gasteiger charge is -2.28. The van der Waals surface area contributed by atoms with Gasteiger partial charge in [-0.1, -0.05) is 0 Å². The Balaban J connectivity index is 1.84. The first-order valence-corrected chi connectivity index (χ1v) is 8.70. The molecule has 0 aromatic heterocycles. The molecule has 0 aliphatic carbocycles. The van der Waals surface area contributed by atoms with Crippen molar-refractivity contribution in [2.75, 3.05) is 12.0 Å². The van der Waals surface area contributed by atoms with Gasteiger partial charge in [-0.25, -0.2) is 9.69 Å². The summed E-state index contributed by atoms with van der Waals surface area (Å²) < 4.78 is 6.03. The highest BCUT2D eigenvalue weighted by Crippen LogP contribution is 2.22. The minimum Gasteiger partial charge on any atom is -0.497 e. The van der Waals surface area contributed by atoms with Crippen molar-refractivity contribution in [1.29, 1.82) is 0 Å². The number of amides is 4. The van der Waals surface area contributed by atoms with Crippen molar-refractivity contribution < 1.29 is 19.1 Å². The Labute approximate surface area is 163 Å². The van der Waals surface area contributed by atoms with E-state index < -0.39 is 23.8 Å². The molecule has 4 amide bonds. The summed E-state index contributed by atoms with van der Waals surface area (Å²) in [6.45, 7) is 0. The van der Waals surface area contributed by atoms with Gasteiger partial charge in [0.1, 0.15) is 5.75 Å². The third-order valence-corrected chi connectivity index (χ3v) is 4.45. The second-order valence-electron chi connectivity index (χ2n) is 5.40. The first kappa shape index (κ1) is 18.1. The van der Waals surface area contributed by atoms with Gasteiger partial charge in [0.2, 0.25) is 5.91 Å². The van der Waals surface area contributed by atoms with E-state index in [2.05, 4.69) is 32.9 Å². The quantitative estimate of drug-likeness (QED) is 0.429. The van der Waals surface area contributed by atoms with Gasteiger partial charge in [-0.2, -0.15) is 0 Å². The van der Waals surface area contributed by atoms with E-state index in [0.29, 0.717) is 17.1 Å². The standard InChI is InChI=1S/C18H14IN3O4/c1-26-14-8-4-12(5-9-14)20-10-15-16(23)21-18(25)22(17(15)24)13-6-2-11(19)3-7-13/h2-10,15H,1H3,(H,21,23,25)/t15-/m1/s1. The molecule has 1 aliphatic rings. The molecule has 0 spiro atoms. The van der Waals surface area contributed by atoms with E-state index in [0.717, 1.165) is 8.47 Å². The van der Waals surface area contributed by atoms with E-state index in [1.54, 1.807) is 55.6 Å². The highest BCUT2D eigenvalue weighted by molar-refractivity contribution is 14.1. The van der Waals surface area contributed by atoms with Crippen LogP contribution in [0.25, 0.3) is 0 Å². The fourth-order valence-electron chi connectivity index (χ4n) is 2.39. The van der Waals surface area contributed by atoms with E-state index in [4.69, 9.17) is 4.74 Å². The largest absolute Gasteiger partial charge is 0.497 e. The second kappa shape index (κ2) is 7.65. The number of methoxy groups -OCH3 is 1. The van der Waals surface area contributed by atoms with Crippen LogP contribution in [0.4, 0.5) is 16.2 Å². The minimum absolute atomic E-state index is 0.392. The number of nitrogens with zero attached hydrogens (tertiary/aromatic N) is 2. The number of halogens is 1. The zero-order chi connectivity index (χ0) is 18.7. The van der Waals surface area contributed by atoms with Crippen LogP contribution >= 0.6 is 22.6 Å². The first-order valence-electron chi connectivity index (χ1n) is 7.62. The van der Waals surface area contributed by atoms with Crippen LogP contribution < -0.4 is 15.0 Å². The summed E-state index contributed by atoms with van der Waals surface area (Å²) >= 11 is 2.12. The van der Waals surface area contributed by atoms with Gasteiger partial charge >= 0.3 is 6.03 Å². The Morgan fingerprint density at radius 2 is 1.73 bits per heavy atom. The lowest BCUT2D eigenvalue weighted by molar-refractivity contribution is -0.131. The van der Waals surface area contributed by atoms with E-state index in [1.165, 1.54) is 6.21 Å². The van der Waals surface area contributed by atoms with Gasteiger partial charge in [0, 0.05) is 9.78 Å². The third kappa shape index (κ3) is 3.74. The molecule has 26 heavy (non-hydrogen) atoms. The lowest BCUT2D eigenvalue weighted by atomic mass is 10.1. The number of rotatable bonds is 4. The summed E-state index contributed by atoms with van der Waals surface area (Å²) in [6, 6.07) is 12.9. The molecule has 1 fully saturated rings. The fraction of sp³-hybridized carbons (Fsp3) is 0.111. The smallest absolute Gasteiger partial charge is 0.335 e. The molecule has 0 bridgehead atoms. The maximum atomic E-state index is 12.7. The molecule has 1 atom stereocenters. The number of benzene rings is 2. The lowest BCUT2D eigenvalue weighted by Crippen LogP contribution is -2.58. The molecule has 132 valence electrons. The summed E-state index contributed by atoms with van der Waals surface area (Å²) in [5, 5.41) is 2.19. The molecule has 0 radical (unpaired) electrons. The molecule has 1 saturated heterocycles. The first-order chi connectivity index (χ1) is 12.5. The molecule has 2 aromatic rings. The van der Waals surface area contributed by atoms with Crippen LogP contribution in [0.2, 0.25) is 0 Å². The molecule has 2 aromatic carbocycles. The number of carbonyl (C=O) groups excluding carboxylic acids is 3. The van der Waals surface area contributed by atoms with Gasteiger partial charge < -0.3 is 4.74 Å². The van der Waals surface area contributed by atoms with Crippen molar-refractivity contribution >= 4 is 58.0 Å². The zero-order valence-electron chi connectivity index (χ0n) is 13.7. The van der Waals surface area contributed by atoms with E-state index in [9.17, 15) is 14.4 Å². The van der Waals surface area contributed by atoms with Crippen LogP contribution in [0, 0.1) is 9.49 Å². The van der Waals surface area contributed by atoms with Crippen LogP contribution in [0.1, 0.15) is 0 Å². The molecule has 1 aliphatic heterocycles. The Morgan fingerprint density at radius 3 is 2.35 bits per heavy atom. The monoisotopic (exact) mass is 463 g/mol. The zero-order valence-corrected chi connectivity index (χ0v) is 15.8. The number of nitrogens with one attached hydrogen (secondary N) is 1. The Hall–Kier alpha value is -2.75. The second-order valence-corrected chi connectivity index (χ2v) is 6.64. The summed E-state index contributed by atoms with van der Waals surface area (Å²) in [5.41, 5.74) is 0.951. The topological polar surface area (TPSA) is 88.1 Å². The van der Waals surface area contributed by atoms with E-state index in [1.807, 2.05) is 0 Å². The predicted octanol–water partition coefficient (Wildman–Crippen LogP) is 2.90. The number of barbiturate groups is 1. The number of anilines is 1. The summed E-state index contributed by atoms with van der Waals surface area (Å²) in [6.07, 6.45) is 1.24. The van der Waals surface area contributed by atoms with Gasteiger partial charge in [-0.3, -0.25) is 19.9 Å². The number of carbonyl (C=O) groups is 3. The molecule has 1 heterocycles. The number of imide groups is 2. The molecule has 7 nitrogen and oxygen atoms in total. The number of hydrogen-bond acceptors (Lipinski definition) is 5. The van der Waals surface area contributed by atoms with Crippen molar-refractivity contribution in [2.24, 2.45) is 10.9 Å². The average Bonchev–Trinajstić information content (AvgIpc) is 2.63. The van der Waals surface area contributed by atoms with Gasteiger partial charge in [0.05, 0.1) is 18.5 Å². The highest BCUT2D eigenvalue weighted by atomic mass is 127. The van der Waals surface area contributed by atoms with Crippen LogP contribution in [-0.4, -0.2) is 31.2 Å². The molecular weight excluding hydrogens is 449 g/mol. The molecule has 8 heteroatoms. The molecule has 3 rings (SSSR count). The van der Waals surface area contributed by atoms with Crippen molar-refractivity contribution in [3.05, 3.63) is 52.1 Å². The number of ether oxygens (including phenoxy) is 1. The molecule has 0 unspecified atom stereocenters. The fourth-order valence-corrected chi connectivity index (χ4v) is 2.74. The van der Waals surface area contributed by atoms with Crippen molar-refractivity contribution in [2.45, 2.75) is 0 Å². The van der Waals surface area contributed by atoms with Gasteiger partial charge in [-0.05, 0) is 71.1 Å². The Bertz CT molecular complexity index is 878. The van der Waals surface area contributed by atoms with Gasteiger partial charge in [0.25, 0.3) is 5.91 Å². The molecule has 1 N–H and O–H groups in total. The van der Waals surface area contributed by atoms with E-state index >= 15 is 0 Å². The van der Waals surface area contributed by atoms with Gasteiger partial charge in [-0.15, -0.1) is 0 Å². The Morgan fingerprint density at radius 1 is 1.08 bits per heavy atom. The average molecular weight is 463 g/mol. The SMILES string of the molecule is COc1ccc(N=C[C@@H]2C(=O)NC(=O)N(c3ccc(I)cc3)C2=O)cc1. The number of aliphatic imine (C=N–C) groups is 1. The number of urea groups is 1. The summed E-state index contributed by atoms with van der Waals surface area (Å²) in [4.78, 5) is 42.0. The summed E-state index contributed by atoms with van der Waals surface area (Å²) in [7, 11) is 1.56. The Kier molecular flexibility index (Phi) is 5.31. The van der Waals surface area contributed by atoms with Crippen molar-refractivity contribution in [3.8, 4) is 5.75 Å². The third-order valence-electron chi connectivity index (χ3n) is 3.73. The van der Waals surface area contributed by atoms with Gasteiger partial charge in [0.15, 0.2) is 5.92 Å². The van der Waals surface area contributed by atoms with Crippen LogP contribution in [-0.2, 0) is 9.59 Å². The normalized spacial score (nSPS) is 17.5. The maximum Gasteiger partial charge on any atom is 0.335 e. The predicted molar refractivity (Wildman–Crippen MR) is 105 cm³/mol. The highest BCUT2D eigenvalue weighted by Gasteiger charge is 2.40. The van der Waals surface area contributed by atoms with E-state index in [-0.39, 0.29) is 0 Å². The summed E-state index contributed by atoms with van der Waals surface area (Å²) in [5.74, 6) is -1.85.